The highest BCUT2D eigenvalue weighted by atomic mass is 16.5. The Balaban J connectivity index is 2.76. The molecule has 0 spiro atoms. The van der Waals surface area contributed by atoms with Gasteiger partial charge in [-0.15, -0.1) is 0 Å². The zero-order valence-electron chi connectivity index (χ0n) is 8.37. The van der Waals surface area contributed by atoms with Crippen LogP contribution in [0.2, 0.25) is 0 Å². The quantitative estimate of drug-likeness (QED) is 0.782. The first-order valence-electron chi connectivity index (χ1n) is 4.39. The second kappa shape index (κ2) is 3.27. The van der Waals surface area contributed by atoms with Crippen LogP contribution < -0.4 is 4.74 Å². The van der Waals surface area contributed by atoms with E-state index in [0.29, 0.717) is 11.3 Å². The molecule has 0 bridgehead atoms. The SMILES string of the molecule is COc1cc2c(C)[nH]nc2cc1C(=O)O. The number of hydrogen-bond donors (Lipinski definition) is 2. The predicted octanol–water partition coefficient (Wildman–Crippen LogP) is 1.58. The van der Waals surface area contributed by atoms with Crippen LogP contribution in [0.3, 0.4) is 0 Å². The van der Waals surface area contributed by atoms with Gasteiger partial charge in [-0.2, -0.15) is 5.10 Å². The Morgan fingerprint density at radius 2 is 2.27 bits per heavy atom. The molecule has 1 aromatic carbocycles. The van der Waals surface area contributed by atoms with E-state index in [0.717, 1.165) is 11.1 Å². The molecular formula is C10H10N2O3. The molecule has 5 nitrogen and oxygen atoms in total. The van der Waals surface area contributed by atoms with E-state index in [2.05, 4.69) is 10.2 Å². The van der Waals surface area contributed by atoms with Crippen LogP contribution >= 0.6 is 0 Å². The molecule has 0 amide bonds. The van der Waals surface area contributed by atoms with Crippen molar-refractivity contribution in [2.75, 3.05) is 7.11 Å². The third-order valence-corrected chi connectivity index (χ3v) is 2.30. The summed E-state index contributed by atoms with van der Waals surface area (Å²) in [7, 11) is 1.45. The lowest BCUT2D eigenvalue weighted by atomic mass is 10.1. The highest BCUT2D eigenvalue weighted by molar-refractivity contribution is 5.97. The average Bonchev–Trinajstić information content (AvgIpc) is 2.58. The topological polar surface area (TPSA) is 75.2 Å². The predicted molar refractivity (Wildman–Crippen MR) is 54.3 cm³/mol. The minimum Gasteiger partial charge on any atom is -0.496 e. The summed E-state index contributed by atoms with van der Waals surface area (Å²) in [5, 5.41) is 16.6. The van der Waals surface area contributed by atoms with Gasteiger partial charge in [0.15, 0.2) is 0 Å². The Morgan fingerprint density at radius 1 is 1.53 bits per heavy atom. The maximum atomic E-state index is 10.9. The van der Waals surface area contributed by atoms with Gasteiger partial charge in [-0.25, -0.2) is 4.79 Å². The normalized spacial score (nSPS) is 10.5. The molecule has 0 fully saturated rings. The number of hydrogen-bond acceptors (Lipinski definition) is 3. The number of carboxylic acids is 1. The van der Waals surface area contributed by atoms with Gasteiger partial charge in [-0.05, 0) is 19.1 Å². The molecule has 2 rings (SSSR count). The summed E-state index contributed by atoms with van der Waals surface area (Å²) in [6.45, 7) is 1.87. The van der Waals surface area contributed by atoms with Crippen LogP contribution in [0.25, 0.3) is 10.9 Å². The van der Waals surface area contributed by atoms with Crippen LogP contribution in [0.1, 0.15) is 16.1 Å². The van der Waals surface area contributed by atoms with E-state index in [1.807, 2.05) is 6.92 Å². The van der Waals surface area contributed by atoms with Crippen molar-refractivity contribution >= 4 is 16.9 Å². The molecule has 0 atom stereocenters. The van der Waals surface area contributed by atoms with E-state index in [1.165, 1.54) is 13.2 Å². The Kier molecular flexibility index (Phi) is 2.07. The van der Waals surface area contributed by atoms with Gasteiger partial charge in [0.1, 0.15) is 11.3 Å². The molecule has 78 valence electrons. The van der Waals surface area contributed by atoms with Crippen LogP contribution in [-0.4, -0.2) is 28.4 Å². The van der Waals surface area contributed by atoms with Gasteiger partial charge in [-0.3, -0.25) is 5.10 Å². The van der Waals surface area contributed by atoms with Crippen molar-refractivity contribution in [3.63, 3.8) is 0 Å². The molecule has 0 unspecified atom stereocenters. The van der Waals surface area contributed by atoms with E-state index in [1.54, 1.807) is 6.07 Å². The number of carboxylic acid groups (broad SMARTS) is 1. The van der Waals surface area contributed by atoms with Crippen LogP contribution in [0.4, 0.5) is 0 Å². The molecule has 0 saturated carbocycles. The average molecular weight is 206 g/mol. The number of carbonyl (C=O) groups is 1. The maximum absolute atomic E-state index is 10.9. The fourth-order valence-corrected chi connectivity index (χ4v) is 1.50. The van der Waals surface area contributed by atoms with E-state index < -0.39 is 5.97 Å². The molecule has 1 aromatic heterocycles. The third kappa shape index (κ3) is 1.41. The largest absolute Gasteiger partial charge is 0.496 e. The molecule has 2 N–H and O–H groups in total. The van der Waals surface area contributed by atoms with Gasteiger partial charge in [0, 0.05) is 11.1 Å². The van der Waals surface area contributed by atoms with Crippen LogP contribution in [0.5, 0.6) is 5.75 Å². The van der Waals surface area contributed by atoms with Gasteiger partial charge < -0.3 is 9.84 Å². The lowest BCUT2D eigenvalue weighted by molar-refractivity contribution is 0.0693. The van der Waals surface area contributed by atoms with E-state index in [-0.39, 0.29) is 5.56 Å². The van der Waals surface area contributed by atoms with Crippen molar-refractivity contribution < 1.29 is 14.6 Å². The van der Waals surface area contributed by atoms with Gasteiger partial charge in [0.2, 0.25) is 0 Å². The number of benzene rings is 1. The smallest absolute Gasteiger partial charge is 0.339 e. The zero-order chi connectivity index (χ0) is 11.0. The van der Waals surface area contributed by atoms with Gasteiger partial charge in [0.05, 0.1) is 12.6 Å². The number of methoxy groups -OCH3 is 1. The molecule has 5 heteroatoms. The third-order valence-electron chi connectivity index (χ3n) is 2.30. The number of fused-ring (bicyclic) bond motifs is 1. The molecule has 2 aromatic rings. The molecule has 0 radical (unpaired) electrons. The summed E-state index contributed by atoms with van der Waals surface area (Å²) in [4.78, 5) is 10.9. The highest BCUT2D eigenvalue weighted by Crippen LogP contribution is 2.26. The minimum atomic E-state index is -1.02. The first-order valence-corrected chi connectivity index (χ1v) is 4.39. The summed E-state index contributed by atoms with van der Waals surface area (Å²) >= 11 is 0. The Labute approximate surface area is 85.7 Å². The fraction of sp³-hybridized carbons (Fsp3) is 0.200. The number of rotatable bonds is 2. The van der Waals surface area contributed by atoms with E-state index in [9.17, 15) is 4.79 Å². The summed E-state index contributed by atoms with van der Waals surface area (Å²) in [6, 6.07) is 3.18. The lowest BCUT2D eigenvalue weighted by Gasteiger charge is -2.04. The number of nitrogens with zero attached hydrogens (tertiary/aromatic N) is 1. The maximum Gasteiger partial charge on any atom is 0.339 e. The standard InChI is InChI=1S/C10H10N2O3/c1-5-6-4-9(15-2)7(10(13)14)3-8(6)12-11-5/h3-4H,1-2H3,(H,11,12)(H,13,14). The number of aromatic amines is 1. The highest BCUT2D eigenvalue weighted by Gasteiger charge is 2.14. The van der Waals surface area contributed by atoms with Gasteiger partial charge in [0.25, 0.3) is 0 Å². The summed E-state index contributed by atoms with van der Waals surface area (Å²) in [5.74, 6) is -0.672. The number of H-pyrrole nitrogens is 1. The van der Waals surface area contributed by atoms with Crippen molar-refractivity contribution in [2.45, 2.75) is 6.92 Å². The number of ether oxygens (including phenoxy) is 1. The number of nitrogens with one attached hydrogen (secondary N) is 1. The van der Waals surface area contributed by atoms with Gasteiger partial charge in [-0.1, -0.05) is 0 Å². The van der Waals surface area contributed by atoms with Crippen LogP contribution in [-0.2, 0) is 0 Å². The van der Waals surface area contributed by atoms with Crippen molar-refractivity contribution in [3.05, 3.63) is 23.4 Å². The molecular weight excluding hydrogens is 196 g/mol. The summed E-state index contributed by atoms with van der Waals surface area (Å²) in [6.07, 6.45) is 0. The second-order valence-corrected chi connectivity index (χ2v) is 3.22. The minimum absolute atomic E-state index is 0.122. The first kappa shape index (κ1) is 9.51. The van der Waals surface area contributed by atoms with Crippen molar-refractivity contribution in [1.29, 1.82) is 0 Å². The Hall–Kier alpha value is -2.04. The van der Waals surface area contributed by atoms with Gasteiger partial charge >= 0.3 is 5.97 Å². The number of aryl methyl sites for hydroxylation is 1. The fourth-order valence-electron chi connectivity index (χ4n) is 1.50. The Bertz CT molecular complexity index is 531. The summed E-state index contributed by atoms with van der Waals surface area (Å²) in [5.41, 5.74) is 1.64. The number of aromatic nitrogens is 2. The van der Waals surface area contributed by atoms with Crippen LogP contribution in [0.15, 0.2) is 12.1 Å². The zero-order valence-corrected chi connectivity index (χ0v) is 8.37. The molecule has 1 heterocycles. The first-order chi connectivity index (χ1) is 7.13. The van der Waals surface area contributed by atoms with Crippen LogP contribution in [0, 0.1) is 6.92 Å². The van der Waals surface area contributed by atoms with E-state index >= 15 is 0 Å². The van der Waals surface area contributed by atoms with Crippen molar-refractivity contribution in [1.82, 2.24) is 10.2 Å². The van der Waals surface area contributed by atoms with Crippen molar-refractivity contribution in [2.24, 2.45) is 0 Å². The summed E-state index contributed by atoms with van der Waals surface area (Å²) < 4.78 is 5.02. The second-order valence-electron chi connectivity index (χ2n) is 3.22. The Morgan fingerprint density at radius 3 is 2.87 bits per heavy atom. The number of aromatic carboxylic acids is 1. The molecule has 0 aliphatic rings. The monoisotopic (exact) mass is 206 g/mol. The molecule has 0 aliphatic carbocycles. The molecule has 0 aliphatic heterocycles. The van der Waals surface area contributed by atoms with Crippen molar-refractivity contribution in [3.8, 4) is 5.75 Å². The molecule has 15 heavy (non-hydrogen) atoms. The molecule has 0 saturated heterocycles. The lowest BCUT2D eigenvalue weighted by Crippen LogP contribution is -2.00. The van der Waals surface area contributed by atoms with E-state index in [4.69, 9.17) is 9.84 Å².